The fourth-order valence-corrected chi connectivity index (χ4v) is 3.08. The molecule has 0 radical (unpaired) electrons. The van der Waals surface area contributed by atoms with Crippen LogP contribution in [0.2, 0.25) is 0 Å². The van der Waals surface area contributed by atoms with Gasteiger partial charge >= 0.3 is 6.36 Å². The number of hydroxylamine groups is 1. The first-order valence-corrected chi connectivity index (χ1v) is 8.89. The first kappa shape index (κ1) is 21.2. The number of nitrogens with zero attached hydrogens (tertiary/aromatic N) is 2. The van der Waals surface area contributed by atoms with Gasteiger partial charge in [-0.3, -0.25) is 14.8 Å². The summed E-state index contributed by atoms with van der Waals surface area (Å²) in [5.41, 5.74) is 3.33. The average Bonchev–Trinajstić information content (AvgIpc) is 2.71. The Balaban J connectivity index is 1.71. The van der Waals surface area contributed by atoms with Gasteiger partial charge in [0.2, 0.25) is 5.91 Å². The molecule has 1 aliphatic heterocycles. The van der Waals surface area contributed by atoms with Gasteiger partial charge in [-0.2, -0.15) is 0 Å². The molecule has 2 N–H and O–H groups in total. The highest BCUT2D eigenvalue weighted by molar-refractivity contribution is 6.00. The zero-order valence-electron chi connectivity index (χ0n) is 15.6. The monoisotopic (exact) mass is 421 g/mol. The highest BCUT2D eigenvalue weighted by atomic mass is 19.4. The van der Waals surface area contributed by atoms with Crippen LogP contribution in [0.5, 0.6) is 5.75 Å². The predicted octanol–water partition coefficient (Wildman–Crippen LogP) is 2.96. The molecule has 158 valence electrons. The zero-order chi connectivity index (χ0) is 21.7. The molecule has 3 rings (SSSR count). The van der Waals surface area contributed by atoms with Gasteiger partial charge in [-0.1, -0.05) is 18.2 Å². The molecule has 1 saturated heterocycles. The number of benzene rings is 2. The number of rotatable bonds is 5. The Morgan fingerprint density at radius 2 is 1.80 bits per heavy atom. The number of carbonyl (C=O) groups is 2. The summed E-state index contributed by atoms with van der Waals surface area (Å²) in [4.78, 5) is 27.3. The molecule has 0 bridgehead atoms. The minimum atomic E-state index is -4.76. The molecular formula is C20H18F3N3O4. The topological polar surface area (TPSA) is 82.1 Å². The van der Waals surface area contributed by atoms with Crippen LogP contribution < -0.4 is 20.0 Å². The second kappa shape index (κ2) is 8.87. The molecular weight excluding hydrogens is 403 g/mol. The van der Waals surface area contributed by atoms with E-state index in [-0.39, 0.29) is 18.2 Å². The van der Waals surface area contributed by atoms with Gasteiger partial charge in [0.1, 0.15) is 5.75 Å². The number of ether oxygens (including phenoxy) is 1. The Kier molecular flexibility index (Phi) is 6.26. The SMILES string of the molecule is O=C(C=Cc1ccccc1N1CCN(c2ccc(OC(F)(F)F)cc2)CC1=O)NO. The summed E-state index contributed by atoms with van der Waals surface area (Å²) in [5.74, 6) is -1.23. The largest absolute Gasteiger partial charge is 0.573 e. The summed E-state index contributed by atoms with van der Waals surface area (Å²) in [6, 6.07) is 12.3. The summed E-state index contributed by atoms with van der Waals surface area (Å²) in [6.07, 6.45) is -2.13. The van der Waals surface area contributed by atoms with Crippen LogP contribution in [0.1, 0.15) is 5.56 Å². The third-order valence-electron chi connectivity index (χ3n) is 4.41. The molecule has 2 aromatic rings. The van der Waals surface area contributed by atoms with E-state index in [9.17, 15) is 22.8 Å². The van der Waals surface area contributed by atoms with E-state index in [4.69, 9.17) is 5.21 Å². The summed E-state index contributed by atoms with van der Waals surface area (Å²) in [6.45, 7) is 0.839. The Bertz CT molecular complexity index is 945. The van der Waals surface area contributed by atoms with Crippen molar-refractivity contribution in [2.75, 3.05) is 29.4 Å². The molecule has 0 saturated carbocycles. The standard InChI is InChI=1S/C20H18F3N3O4/c21-20(22,23)30-16-8-6-15(7-9-16)25-11-12-26(19(28)13-25)17-4-2-1-3-14(17)5-10-18(27)24-29/h1-10,29H,11-13H2,(H,24,27). The first-order valence-electron chi connectivity index (χ1n) is 8.89. The lowest BCUT2D eigenvalue weighted by Gasteiger charge is -2.36. The van der Waals surface area contributed by atoms with Gasteiger partial charge < -0.3 is 14.5 Å². The molecule has 1 heterocycles. The van der Waals surface area contributed by atoms with E-state index in [2.05, 4.69) is 4.74 Å². The van der Waals surface area contributed by atoms with Crippen LogP contribution in [0.15, 0.2) is 54.6 Å². The van der Waals surface area contributed by atoms with Crippen molar-refractivity contribution in [3.05, 3.63) is 60.2 Å². The first-order chi connectivity index (χ1) is 14.3. The number of hydrogen-bond acceptors (Lipinski definition) is 5. The summed E-state index contributed by atoms with van der Waals surface area (Å²) >= 11 is 0. The van der Waals surface area contributed by atoms with Crippen LogP contribution >= 0.6 is 0 Å². The van der Waals surface area contributed by atoms with Crippen molar-refractivity contribution < 1.29 is 32.7 Å². The van der Waals surface area contributed by atoms with Crippen LogP contribution in [0.4, 0.5) is 24.5 Å². The van der Waals surface area contributed by atoms with E-state index >= 15 is 0 Å². The Labute approximate surface area is 169 Å². The second-order valence-corrected chi connectivity index (χ2v) is 6.38. The molecule has 2 amide bonds. The van der Waals surface area contributed by atoms with Crippen molar-refractivity contribution in [2.24, 2.45) is 0 Å². The smallest absolute Gasteiger partial charge is 0.406 e. The van der Waals surface area contributed by atoms with Crippen LogP contribution in [-0.2, 0) is 9.59 Å². The molecule has 1 fully saturated rings. The lowest BCUT2D eigenvalue weighted by molar-refractivity contribution is -0.274. The van der Waals surface area contributed by atoms with Crippen molar-refractivity contribution in [2.45, 2.75) is 6.36 Å². The van der Waals surface area contributed by atoms with E-state index < -0.39 is 12.3 Å². The number of piperazine rings is 1. The maximum Gasteiger partial charge on any atom is 0.573 e. The molecule has 2 aromatic carbocycles. The molecule has 0 aliphatic carbocycles. The maximum atomic E-state index is 12.7. The second-order valence-electron chi connectivity index (χ2n) is 6.38. The van der Waals surface area contributed by atoms with Gasteiger partial charge in [0.05, 0.1) is 12.2 Å². The molecule has 1 aliphatic rings. The average molecular weight is 421 g/mol. The lowest BCUT2D eigenvalue weighted by Crippen LogP contribution is -2.50. The molecule has 10 heteroatoms. The van der Waals surface area contributed by atoms with Gasteiger partial charge in [0.15, 0.2) is 0 Å². The van der Waals surface area contributed by atoms with Gasteiger partial charge in [-0.15, -0.1) is 13.2 Å². The van der Waals surface area contributed by atoms with Gasteiger partial charge in [-0.05, 0) is 42.0 Å². The Morgan fingerprint density at radius 3 is 2.43 bits per heavy atom. The fraction of sp³-hybridized carbons (Fsp3) is 0.200. The zero-order valence-corrected chi connectivity index (χ0v) is 15.6. The number of para-hydroxylation sites is 1. The van der Waals surface area contributed by atoms with Crippen molar-refractivity contribution >= 4 is 29.3 Å². The lowest BCUT2D eigenvalue weighted by atomic mass is 10.1. The Morgan fingerprint density at radius 1 is 1.10 bits per heavy atom. The minimum absolute atomic E-state index is 0.0364. The number of alkyl halides is 3. The summed E-state index contributed by atoms with van der Waals surface area (Å²) in [5, 5.41) is 8.60. The van der Waals surface area contributed by atoms with Gasteiger partial charge in [0, 0.05) is 24.9 Å². The van der Waals surface area contributed by atoms with E-state index in [1.54, 1.807) is 34.1 Å². The van der Waals surface area contributed by atoms with E-state index in [1.807, 2.05) is 0 Å². The van der Waals surface area contributed by atoms with E-state index in [0.29, 0.717) is 30.0 Å². The molecule has 7 nitrogen and oxygen atoms in total. The van der Waals surface area contributed by atoms with Crippen molar-refractivity contribution in [3.63, 3.8) is 0 Å². The van der Waals surface area contributed by atoms with Crippen molar-refractivity contribution in [1.82, 2.24) is 5.48 Å². The number of hydrogen-bond donors (Lipinski definition) is 2. The normalized spacial score (nSPS) is 14.9. The molecule has 0 spiro atoms. The molecule has 0 aromatic heterocycles. The van der Waals surface area contributed by atoms with Crippen LogP contribution in [0.3, 0.4) is 0 Å². The van der Waals surface area contributed by atoms with Crippen LogP contribution in [0.25, 0.3) is 6.08 Å². The van der Waals surface area contributed by atoms with Crippen molar-refractivity contribution in [1.29, 1.82) is 0 Å². The highest BCUT2D eigenvalue weighted by Crippen LogP contribution is 2.28. The predicted molar refractivity (Wildman–Crippen MR) is 103 cm³/mol. The highest BCUT2D eigenvalue weighted by Gasteiger charge is 2.31. The van der Waals surface area contributed by atoms with Crippen molar-refractivity contribution in [3.8, 4) is 5.75 Å². The summed E-state index contributed by atoms with van der Waals surface area (Å²) < 4.78 is 40.7. The number of carbonyl (C=O) groups excluding carboxylic acids is 2. The van der Waals surface area contributed by atoms with Crippen LogP contribution in [-0.4, -0.2) is 43.0 Å². The molecule has 0 atom stereocenters. The van der Waals surface area contributed by atoms with Gasteiger partial charge in [-0.25, -0.2) is 5.48 Å². The number of anilines is 2. The van der Waals surface area contributed by atoms with E-state index in [0.717, 1.165) is 6.08 Å². The minimum Gasteiger partial charge on any atom is -0.406 e. The molecule has 30 heavy (non-hydrogen) atoms. The Hall–Kier alpha value is -3.53. The third-order valence-corrected chi connectivity index (χ3v) is 4.41. The third kappa shape index (κ3) is 5.29. The summed E-state index contributed by atoms with van der Waals surface area (Å²) in [7, 11) is 0. The fourth-order valence-electron chi connectivity index (χ4n) is 3.08. The number of amides is 2. The molecule has 0 unspecified atom stereocenters. The van der Waals surface area contributed by atoms with Gasteiger partial charge in [0.25, 0.3) is 5.91 Å². The van der Waals surface area contributed by atoms with Crippen LogP contribution in [0, 0.1) is 0 Å². The maximum absolute atomic E-state index is 12.7. The quantitative estimate of drug-likeness (QED) is 0.441. The number of halogens is 3. The van der Waals surface area contributed by atoms with E-state index in [1.165, 1.54) is 35.8 Å². The number of nitrogens with one attached hydrogen (secondary N) is 1.